The number of aliphatic carboxylic acids is 1. The Morgan fingerprint density at radius 2 is 1.85 bits per heavy atom. The molecule has 1 unspecified atom stereocenters. The normalized spacial score (nSPS) is 13.3. The first-order valence-corrected chi connectivity index (χ1v) is 7.60. The van der Waals surface area contributed by atoms with Gasteiger partial charge in [0.25, 0.3) is 0 Å². The molecule has 0 aliphatic rings. The van der Waals surface area contributed by atoms with Crippen LogP contribution in [-0.2, 0) is 10.3 Å². The zero-order valence-corrected chi connectivity index (χ0v) is 14.3. The van der Waals surface area contributed by atoms with E-state index >= 15 is 0 Å². The highest BCUT2D eigenvalue weighted by atomic mass is 19.4. The fourth-order valence-electron chi connectivity index (χ4n) is 2.36. The van der Waals surface area contributed by atoms with Gasteiger partial charge in [0, 0.05) is 5.56 Å². The Bertz CT molecular complexity index is 877. The van der Waals surface area contributed by atoms with Gasteiger partial charge in [0.15, 0.2) is 5.54 Å². The SMILES string of the molecule is CC(C(=O)O)c1ccc(-c2nn(C(C)(C)C(F)(F)F)c(N)c2C#N)cc1. The van der Waals surface area contributed by atoms with E-state index in [-0.39, 0.29) is 17.1 Å². The maximum atomic E-state index is 13.3. The van der Waals surface area contributed by atoms with Crippen LogP contribution in [0.2, 0.25) is 0 Å². The zero-order valence-electron chi connectivity index (χ0n) is 14.3. The topological polar surface area (TPSA) is 105 Å². The molecule has 1 aromatic heterocycles. The summed E-state index contributed by atoms with van der Waals surface area (Å²) in [6.07, 6.45) is -4.63. The number of carboxylic acids is 1. The number of nitriles is 1. The lowest BCUT2D eigenvalue weighted by atomic mass is 9.98. The Kier molecular flexibility index (Phi) is 4.73. The molecular formula is C17H17F3N4O2. The number of anilines is 1. The van der Waals surface area contributed by atoms with Crippen molar-refractivity contribution in [1.29, 1.82) is 5.26 Å². The van der Waals surface area contributed by atoms with E-state index in [1.54, 1.807) is 6.07 Å². The predicted octanol–water partition coefficient (Wildman–Crippen LogP) is 3.49. The zero-order chi connectivity index (χ0) is 19.9. The Morgan fingerprint density at radius 1 is 1.31 bits per heavy atom. The number of benzene rings is 1. The lowest BCUT2D eigenvalue weighted by molar-refractivity contribution is -0.205. The van der Waals surface area contributed by atoms with Gasteiger partial charge in [-0.2, -0.15) is 23.5 Å². The van der Waals surface area contributed by atoms with E-state index in [0.29, 0.717) is 15.8 Å². The molecule has 0 saturated heterocycles. The third kappa shape index (κ3) is 3.10. The first kappa shape index (κ1) is 19.3. The lowest BCUT2D eigenvalue weighted by Gasteiger charge is -2.28. The Labute approximate surface area is 147 Å². The standard InChI is InChI=1S/C17H17F3N4O2/c1-9(15(25)26)10-4-6-11(7-5-10)13-12(8-21)14(22)24(23-13)16(2,3)17(18,19)20/h4-7,9H,22H2,1-3H3,(H,25,26). The van der Waals surface area contributed by atoms with Gasteiger partial charge < -0.3 is 10.8 Å². The van der Waals surface area contributed by atoms with Crippen molar-refractivity contribution >= 4 is 11.8 Å². The third-order valence-corrected chi connectivity index (χ3v) is 4.31. The predicted molar refractivity (Wildman–Crippen MR) is 88.2 cm³/mol. The van der Waals surface area contributed by atoms with Crippen molar-refractivity contribution < 1.29 is 23.1 Å². The van der Waals surface area contributed by atoms with Gasteiger partial charge in [-0.15, -0.1) is 0 Å². The largest absolute Gasteiger partial charge is 0.481 e. The molecule has 2 aromatic rings. The van der Waals surface area contributed by atoms with Gasteiger partial charge in [-0.05, 0) is 26.3 Å². The molecule has 1 aromatic carbocycles. The highest BCUT2D eigenvalue weighted by Gasteiger charge is 2.51. The van der Waals surface area contributed by atoms with Gasteiger partial charge in [0.05, 0.1) is 5.92 Å². The highest BCUT2D eigenvalue weighted by Crippen LogP contribution is 2.40. The minimum atomic E-state index is -4.63. The summed E-state index contributed by atoms with van der Waals surface area (Å²) < 4.78 is 40.5. The molecule has 0 spiro atoms. The summed E-state index contributed by atoms with van der Waals surface area (Å²) in [6, 6.07) is 7.85. The summed E-state index contributed by atoms with van der Waals surface area (Å²) >= 11 is 0. The molecule has 1 atom stereocenters. The quantitative estimate of drug-likeness (QED) is 0.862. The van der Waals surface area contributed by atoms with Crippen molar-refractivity contribution in [3.63, 3.8) is 0 Å². The minimum absolute atomic E-state index is 0.0110. The number of carbonyl (C=O) groups is 1. The molecule has 1 heterocycles. The number of halogens is 3. The smallest absolute Gasteiger partial charge is 0.413 e. The van der Waals surface area contributed by atoms with E-state index in [9.17, 15) is 23.2 Å². The molecule has 0 saturated carbocycles. The van der Waals surface area contributed by atoms with Crippen molar-refractivity contribution in [1.82, 2.24) is 9.78 Å². The van der Waals surface area contributed by atoms with Crippen LogP contribution < -0.4 is 5.73 Å². The van der Waals surface area contributed by atoms with Crippen molar-refractivity contribution in [2.75, 3.05) is 5.73 Å². The van der Waals surface area contributed by atoms with Crippen molar-refractivity contribution in [3.05, 3.63) is 35.4 Å². The molecular weight excluding hydrogens is 349 g/mol. The summed E-state index contributed by atoms with van der Waals surface area (Å²) in [5.74, 6) is -2.13. The highest BCUT2D eigenvalue weighted by molar-refractivity contribution is 5.77. The number of rotatable bonds is 4. The molecule has 3 N–H and O–H groups in total. The summed E-state index contributed by atoms with van der Waals surface area (Å²) in [5, 5.41) is 22.3. The van der Waals surface area contributed by atoms with Crippen LogP contribution in [-0.4, -0.2) is 27.0 Å². The van der Waals surface area contributed by atoms with Crippen molar-refractivity contribution in [2.24, 2.45) is 0 Å². The van der Waals surface area contributed by atoms with Crippen LogP contribution in [0.15, 0.2) is 24.3 Å². The molecule has 2 rings (SSSR count). The lowest BCUT2D eigenvalue weighted by Crippen LogP contribution is -2.43. The Hall–Kier alpha value is -3.02. The average molecular weight is 366 g/mol. The average Bonchev–Trinajstić information content (AvgIpc) is 2.90. The number of nitrogens with zero attached hydrogens (tertiary/aromatic N) is 3. The van der Waals surface area contributed by atoms with E-state index < -0.39 is 23.6 Å². The number of hydrogen-bond donors (Lipinski definition) is 2. The fourth-order valence-corrected chi connectivity index (χ4v) is 2.36. The minimum Gasteiger partial charge on any atom is -0.481 e. The van der Waals surface area contributed by atoms with Crippen LogP contribution in [0.3, 0.4) is 0 Å². The second-order valence-electron chi connectivity index (χ2n) is 6.37. The number of aromatic nitrogens is 2. The van der Waals surface area contributed by atoms with E-state index in [1.807, 2.05) is 0 Å². The molecule has 6 nitrogen and oxygen atoms in total. The number of alkyl halides is 3. The van der Waals surface area contributed by atoms with Crippen molar-refractivity contribution in [3.8, 4) is 17.3 Å². The van der Waals surface area contributed by atoms with Crippen LogP contribution in [0.4, 0.5) is 19.0 Å². The Morgan fingerprint density at radius 3 is 2.27 bits per heavy atom. The molecule has 9 heteroatoms. The molecule has 0 amide bonds. The van der Waals surface area contributed by atoms with Gasteiger partial charge in [-0.25, -0.2) is 4.68 Å². The molecule has 0 aliphatic carbocycles. The number of nitrogen functional groups attached to an aromatic ring is 1. The van der Waals surface area contributed by atoms with Gasteiger partial charge in [-0.3, -0.25) is 4.79 Å². The molecule has 0 fully saturated rings. The maximum Gasteiger partial charge on any atom is 0.413 e. The van der Waals surface area contributed by atoms with Crippen LogP contribution in [0.25, 0.3) is 11.3 Å². The van der Waals surface area contributed by atoms with Crippen LogP contribution in [0, 0.1) is 11.3 Å². The van der Waals surface area contributed by atoms with Crippen LogP contribution >= 0.6 is 0 Å². The Balaban J connectivity index is 2.57. The number of nitrogens with two attached hydrogens (primary N) is 1. The van der Waals surface area contributed by atoms with E-state index in [1.165, 1.54) is 31.2 Å². The van der Waals surface area contributed by atoms with Gasteiger partial charge in [0.1, 0.15) is 23.1 Å². The van der Waals surface area contributed by atoms with E-state index in [0.717, 1.165) is 13.8 Å². The maximum absolute atomic E-state index is 13.3. The number of hydrogen-bond acceptors (Lipinski definition) is 4. The first-order valence-electron chi connectivity index (χ1n) is 7.60. The van der Waals surface area contributed by atoms with Gasteiger partial charge >= 0.3 is 12.1 Å². The van der Waals surface area contributed by atoms with Crippen LogP contribution in [0.1, 0.15) is 37.8 Å². The molecule has 0 aliphatic heterocycles. The first-order chi connectivity index (χ1) is 11.9. The monoisotopic (exact) mass is 366 g/mol. The summed E-state index contributed by atoms with van der Waals surface area (Å²) in [6.45, 7) is 3.34. The summed E-state index contributed by atoms with van der Waals surface area (Å²) in [4.78, 5) is 11.0. The summed E-state index contributed by atoms with van der Waals surface area (Å²) in [7, 11) is 0. The second kappa shape index (κ2) is 6.37. The molecule has 0 radical (unpaired) electrons. The number of carboxylic acid groups (broad SMARTS) is 1. The third-order valence-electron chi connectivity index (χ3n) is 4.31. The second-order valence-corrected chi connectivity index (χ2v) is 6.37. The fraction of sp³-hybridized carbons (Fsp3) is 0.353. The van der Waals surface area contributed by atoms with E-state index in [2.05, 4.69) is 5.10 Å². The van der Waals surface area contributed by atoms with Crippen molar-refractivity contribution in [2.45, 2.75) is 38.4 Å². The van der Waals surface area contributed by atoms with Gasteiger partial charge in [0.2, 0.25) is 0 Å². The van der Waals surface area contributed by atoms with E-state index in [4.69, 9.17) is 10.8 Å². The van der Waals surface area contributed by atoms with Crippen LogP contribution in [0.5, 0.6) is 0 Å². The molecule has 0 bridgehead atoms. The van der Waals surface area contributed by atoms with Gasteiger partial charge in [-0.1, -0.05) is 24.3 Å². The summed E-state index contributed by atoms with van der Waals surface area (Å²) in [5.41, 5.74) is 4.08. The molecule has 26 heavy (non-hydrogen) atoms. The molecule has 138 valence electrons.